The van der Waals surface area contributed by atoms with Gasteiger partial charge < -0.3 is 9.84 Å². The Kier molecular flexibility index (Phi) is 4.42. The van der Waals surface area contributed by atoms with E-state index in [0.29, 0.717) is 13.0 Å². The zero-order chi connectivity index (χ0) is 10.6. The fourth-order valence-electron chi connectivity index (χ4n) is 1.11. The lowest BCUT2D eigenvalue weighted by Crippen LogP contribution is -2.07. The molecule has 0 aromatic heterocycles. The lowest BCUT2D eigenvalue weighted by atomic mass is 10.2. The number of ether oxygens (including phenoxy) is 1. The first-order valence-corrected chi connectivity index (χ1v) is 5.46. The maximum absolute atomic E-state index is 9.06. The number of aryl methyl sites for hydroxylation is 1. The van der Waals surface area contributed by atoms with Gasteiger partial charge in [-0.25, -0.2) is 0 Å². The minimum absolute atomic E-state index is 0.300. The Labute approximate surface area is 93.0 Å². The summed E-state index contributed by atoms with van der Waals surface area (Å²) in [7, 11) is 0. The lowest BCUT2D eigenvalue weighted by molar-refractivity contribution is 0.155. The minimum Gasteiger partial charge on any atom is -0.493 e. The van der Waals surface area contributed by atoms with Crippen molar-refractivity contribution in [3.8, 4) is 5.75 Å². The smallest absolute Gasteiger partial charge is 0.122 e. The average molecular weight is 259 g/mol. The van der Waals surface area contributed by atoms with Crippen molar-refractivity contribution in [2.24, 2.45) is 0 Å². The molecule has 0 saturated heterocycles. The van der Waals surface area contributed by atoms with E-state index in [0.717, 1.165) is 15.8 Å². The number of aliphatic hydroxyl groups is 1. The molecule has 0 heterocycles. The Hall–Kier alpha value is -0.540. The van der Waals surface area contributed by atoms with Crippen molar-refractivity contribution in [1.29, 1.82) is 0 Å². The molecule has 1 aromatic rings. The normalized spacial score (nSPS) is 12.6. The van der Waals surface area contributed by atoms with Crippen LogP contribution in [0, 0.1) is 6.92 Å². The molecule has 1 rings (SSSR count). The zero-order valence-corrected chi connectivity index (χ0v) is 10.0. The Balaban J connectivity index is 2.51. The standard InChI is InChI=1S/C11H15BrO2/c1-8-7-10(12)3-4-11(8)14-6-5-9(2)13/h3-4,7,9,13H,5-6H2,1-2H3. The third kappa shape index (κ3) is 3.68. The van der Waals surface area contributed by atoms with Crippen molar-refractivity contribution < 1.29 is 9.84 Å². The molecule has 14 heavy (non-hydrogen) atoms. The number of rotatable bonds is 4. The largest absolute Gasteiger partial charge is 0.493 e. The highest BCUT2D eigenvalue weighted by Crippen LogP contribution is 2.22. The molecule has 1 N–H and O–H groups in total. The second kappa shape index (κ2) is 5.37. The summed E-state index contributed by atoms with van der Waals surface area (Å²) in [4.78, 5) is 0. The fraction of sp³-hybridized carbons (Fsp3) is 0.455. The third-order valence-corrected chi connectivity index (χ3v) is 2.42. The van der Waals surface area contributed by atoms with Crippen LogP contribution in [0.1, 0.15) is 18.9 Å². The molecule has 3 heteroatoms. The van der Waals surface area contributed by atoms with E-state index in [1.165, 1.54) is 0 Å². The topological polar surface area (TPSA) is 29.5 Å². The monoisotopic (exact) mass is 258 g/mol. The van der Waals surface area contributed by atoms with E-state index in [2.05, 4.69) is 15.9 Å². The van der Waals surface area contributed by atoms with Gasteiger partial charge in [-0.1, -0.05) is 15.9 Å². The average Bonchev–Trinajstić information content (AvgIpc) is 2.08. The highest BCUT2D eigenvalue weighted by atomic mass is 79.9. The molecule has 0 aliphatic rings. The highest BCUT2D eigenvalue weighted by Gasteiger charge is 2.01. The zero-order valence-electron chi connectivity index (χ0n) is 8.46. The van der Waals surface area contributed by atoms with Gasteiger partial charge >= 0.3 is 0 Å². The first kappa shape index (κ1) is 11.5. The molecule has 0 spiro atoms. The second-order valence-corrected chi connectivity index (χ2v) is 4.31. The molecule has 1 unspecified atom stereocenters. The first-order chi connectivity index (χ1) is 6.59. The Bertz CT molecular complexity index is 297. The van der Waals surface area contributed by atoms with E-state index in [-0.39, 0.29) is 6.10 Å². The van der Waals surface area contributed by atoms with Crippen LogP contribution in [-0.4, -0.2) is 17.8 Å². The van der Waals surface area contributed by atoms with Crippen LogP contribution in [-0.2, 0) is 0 Å². The molecule has 0 radical (unpaired) electrons. The van der Waals surface area contributed by atoms with Crippen LogP contribution < -0.4 is 4.74 Å². The van der Waals surface area contributed by atoms with Crippen molar-refractivity contribution >= 4 is 15.9 Å². The van der Waals surface area contributed by atoms with Crippen LogP contribution in [0.25, 0.3) is 0 Å². The summed E-state index contributed by atoms with van der Waals surface area (Å²) in [5, 5.41) is 9.06. The summed E-state index contributed by atoms with van der Waals surface area (Å²) in [5.41, 5.74) is 1.10. The first-order valence-electron chi connectivity index (χ1n) is 4.66. The molecular formula is C11H15BrO2. The molecule has 0 aliphatic carbocycles. The van der Waals surface area contributed by atoms with Crippen molar-refractivity contribution in [3.63, 3.8) is 0 Å². The molecule has 1 aromatic carbocycles. The lowest BCUT2D eigenvalue weighted by Gasteiger charge is -2.10. The van der Waals surface area contributed by atoms with Gasteiger partial charge in [-0.2, -0.15) is 0 Å². The summed E-state index contributed by atoms with van der Waals surface area (Å²) in [6.07, 6.45) is 0.362. The minimum atomic E-state index is -0.300. The summed E-state index contributed by atoms with van der Waals surface area (Å²) >= 11 is 3.39. The van der Waals surface area contributed by atoms with Gasteiger partial charge in [-0.05, 0) is 37.6 Å². The van der Waals surface area contributed by atoms with E-state index < -0.39 is 0 Å². The summed E-state index contributed by atoms with van der Waals surface area (Å²) < 4.78 is 6.58. The van der Waals surface area contributed by atoms with E-state index in [1.54, 1.807) is 6.92 Å². The highest BCUT2D eigenvalue weighted by molar-refractivity contribution is 9.10. The van der Waals surface area contributed by atoms with Gasteiger partial charge in [-0.15, -0.1) is 0 Å². The SMILES string of the molecule is Cc1cc(Br)ccc1OCCC(C)O. The van der Waals surface area contributed by atoms with Crippen LogP contribution >= 0.6 is 15.9 Å². The summed E-state index contributed by atoms with van der Waals surface area (Å²) in [6.45, 7) is 4.32. The van der Waals surface area contributed by atoms with E-state index >= 15 is 0 Å². The Morgan fingerprint density at radius 3 is 2.79 bits per heavy atom. The molecule has 0 saturated carbocycles. The van der Waals surface area contributed by atoms with Crippen molar-refractivity contribution in [3.05, 3.63) is 28.2 Å². The number of aliphatic hydroxyl groups excluding tert-OH is 1. The van der Waals surface area contributed by atoms with E-state index in [1.807, 2.05) is 25.1 Å². The van der Waals surface area contributed by atoms with Crippen LogP contribution in [0.4, 0.5) is 0 Å². The third-order valence-electron chi connectivity index (χ3n) is 1.93. The number of halogens is 1. The molecule has 1 atom stereocenters. The molecule has 0 bridgehead atoms. The van der Waals surface area contributed by atoms with Crippen molar-refractivity contribution in [1.82, 2.24) is 0 Å². The van der Waals surface area contributed by atoms with Crippen LogP contribution in [0.2, 0.25) is 0 Å². The second-order valence-electron chi connectivity index (χ2n) is 3.40. The van der Waals surface area contributed by atoms with Gasteiger partial charge in [0.2, 0.25) is 0 Å². The van der Waals surface area contributed by atoms with Crippen molar-refractivity contribution in [2.45, 2.75) is 26.4 Å². The molecule has 78 valence electrons. The summed E-state index contributed by atoms with van der Waals surface area (Å²) in [5.74, 6) is 0.883. The Morgan fingerprint density at radius 2 is 2.21 bits per heavy atom. The van der Waals surface area contributed by atoms with Gasteiger partial charge in [0.15, 0.2) is 0 Å². The van der Waals surface area contributed by atoms with Gasteiger partial charge in [0, 0.05) is 10.9 Å². The van der Waals surface area contributed by atoms with E-state index in [9.17, 15) is 0 Å². The van der Waals surface area contributed by atoms with Gasteiger partial charge in [0.05, 0.1) is 12.7 Å². The number of benzene rings is 1. The Morgan fingerprint density at radius 1 is 1.50 bits per heavy atom. The molecular weight excluding hydrogens is 244 g/mol. The quantitative estimate of drug-likeness (QED) is 0.900. The van der Waals surface area contributed by atoms with Gasteiger partial charge in [0.25, 0.3) is 0 Å². The maximum Gasteiger partial charge on any atom is 0.122 e. The molecule has 0 fully saturated rings. The number of hydrogen-bond donors (Lipinski definition) is 1. The van der Waals surface area contributed by atoms with Gasteiger partial charge in [-0.3, -0.25) is 0 Å². The van der Waals surface area contributed by atoms with Crippen LogP contribution in [0.5, 0.6) is 5.75 Å². The molecule has 0 aliphatic heterocycles. The molecule has 2 nitrogen and oxygen atoms in total. The number of hydrogen-bond acceptors (Lipinski definition) is 2. The predicted molar refractivity (Wildman–Crippen MR) is 60.7 cm³/mol. The van der Waals surface area contributed by atoms with Crippen molar-refractivity contribution in [2.75, 3.05) is 6.61 Å². The maximum atomic E-state index is 9.06. The van der Waals surface area contributed by atoms with Crippen LogP contribution in [0.3, 0.4) is 0 Å². The van der Waals surface area contributed by atoms with E-state index in [4.69, 9.17) is 9.84 Å². The summed E-state index contributed by atoms with van der Waals surface area (Å²) in [6, 6.07) is 5.89. The van der Waals surface area contributed by atoms with Crippen LogP contribution in [0.15, 0.2) is 22.7 Å². The predicted octanol–water partition coefficient (Wildman–Crippen LogP) is 2.91. The molecule has 0 amide bonds. The van der Waals surface area contributed by atoms with Gasteiger partial charge in [0.1, 0.15) is 5.75 Å². The fourth-order valence-corrected chi connectivity index (χ4v) is 1.59.